The maximum absolute atomic E-state index is 12.9. The van der Waals surface area contributed by atoms with Crippen molar-refractivity contribution >= 4 is 21.6 Å². The number of rotatable bonds is 5. The van der Waals surface area contributed by atoms with Crippen LogP contribution in [0.3, 0.4) is 0 Å². The highest BCUT2D eigenvalue weighted by molar-refractivity contribution is 7.89. The third kappa shape index (κ3) is 3.89. The van der Waals surface area contributed by atoms with Crippen molar-refractivity contribution in [2.24, 2.45) is 0 Å². The number of benzene rings is 2. The first-order chi connectivity index (χ1) is 12.4. The zero-order valence-corrected chi connectivity index (χ0v) is 15.6. The molecule has 1 amide bonds. The van der Waals surface area contributed by atoms with E-state index in [0.29, 0.717) is 11.4 Å². The molecule has 138 valence electrons. The van der Waals surface area contributed by atoms with Gasteiger partial charge < -0.3 is 10.1 Å². The number of aryl methyl sites for hydroxylation is 1. The van der Waals surface area contributed by atoms with Crippen LogP contribution < -0.4 is 14.8 Å². The fraction of sp³-hybridized carbons (Fsp3) is 0.316. The summed E-state index contributed by atoms with van der Waals surface area (Å²) in [4.78, 5) is 11.3. The van der Waals surface area contributed by atoms with Gasteiger partial charge in [0.25, 0.3) is 0 Å². The number of hydrogen-bond donors (Lipinski definition) is 2. The standard InChI is InChI=1S/C19H22N2O4S/c1-13(22)20-18-11-10-15(12-19(18)25-2)26(23,24)21-17-9-5-7-14-6-3-4-8-16(14)17/h3-4,6,8,10-12,17,21H,5,7,9H2,1-2H3,(H,20,22)/t17-/m0/s1. The number of nitrogens with one attached hydrogen (secondary N) is 2. The van der Waals surface area contributed by atoms with Crippen LogP contribution in [0.4, 0.5) is 5.69 Å². The Morgan fingerprint density at radius 1 is 1.19 bits per heavy atom. The third-order valence-electron chi connectivity index (χ3n) is 4.46. The normalized spacial score (nSPS) is 16.6. The molecule has 0 spiro atoms. The average molecular weight is 374 g/mol. The molecule has 0 fully saturated rings. The SMILES string of the molecule is COc1cc(S(=O)(=O)N[C@H]2CCCc3ccccc32)ccc1NC(C)=O. The van der Waals surface area contributed by atoms with Crippen molar-refractivity contribution in [3.8, 4) is 5.75 Å². The number of sulfonamides is 1. The van der Waals surface area contributed by atoms with E-state index in [0.717, 1.165) is 24.8 Å². The highest BCUT2D eigenvalue weighted by atomic mass is 32.2. The van der Waals surface area contributed by atoms with Crippen LogP contribution in [-0.4, -0.2) is 21.4 Å². The predicted octanol–water partition coefficient (Wildman–Crippen LogP) is 3.01. The topological polar surface area (TPSA) is 84.5 Å². The molecule has 2 N–H and O–H groups in total. The van der Waals surface area contributed by atoms with E-state index in [4.69, 9.17) is 4.74 Å². The number of fused-ring (bicyclic) bond motifs is 1. The summed E-state index contributed by atoms with van der Waals surface area (Å²) < 4.78 is 33.7. The van der Waals surface area contributed by atoms with Gasteiger partial charge in [-0.05, 0) is 42.5 Å². The molecule has 0 aromatic heterocycles. The van der Waals surface area contributed by atoms with E-state index in [9.17, 15) is 13.2 Å². The van der Waals surface area contributed by atoms with Gasteiger partial charge in [0.15, 0.2) is 0 Å². The minimum Gasteiger partial charge on any atom is -0.495 e. The van der Waals surface area contributed by atoms with Gasteiger partial charge in [-0.1, -0.05) is 24.3 Å². The lowest BCUT2D eigenvalue weighted by atomic mass is 9.88. The highest BCUT2D eigenvalue weighted by Gasteiger charge is 2.26. The molecule has 0 saturated carbocycles. The number of amides is 1. The van der Waals surface area contributed by atoms with E-state index in [1.165, 1.54) is 37.8 Å². The Hall–Kier alpha value is -2.38. The van der Waals surface area contributed by atoms with E-state index in [1.807, 2.05) is 24.3 Å². The molecule has 3 rings (SSSR count). The number of hydrogen-bond acceptors (Lipinski definition) is 4. The Bertz CT molecular complexity index is 925. The minimum atomic E-state index is -3.72. The zero-order valence-electron chi connectivity index (χ0n) is 14.8. The summed E-state index contributed by atoms with van der Waals surface area (Å²) in [7, 11) is -2.29. The second-order valence-corrected chi connectivity index (χ2v) is 8.02. The van der Waals surface area contributed by atoms with Crippen molar-refractivity contribution < 1.29 is 17.9 Å². The molecule has 1 atom stereocenters. The van der Waals surface area contributed by atoms with Gasteiger partial charge in [-0.3, -0.25) is 4.79 Å². The Morgan fingerprint density at radius 2 is 1.96 bits per heavy atom. The lowest BCUT2D eigenvalue weighted by molar-refractivity contribution is -0.114. The van der Waals surface area contributed by atoms with Crippen molar-refractivity contribution in [1.82, 2.24) is 4.72 Å². The zero-order chi connectivity index (χ0) is 18.7. The van der Waals surface area contributed by atoms with E-state index < -0.39 is 10.0 Å². The summed E-state index contributed by atoms with van der Waals surface area (Å²) in [5, 5.41) is 2.62. The molecule has 2 aromatic carbocycles. The van der Waals surface area contributed by atoms with Crippen LogP contribution in [0.5, 0.6) is 5.75 Å². The van der Waals surface area contributed by atoms with Gasteiger partial charge in [-0.15, -0.1) is 0 Å². The summed E-state index contributed by atoms with van der Waals surface area (Å²) in [5.74, 6) is 0.0444. The van der Waals surface area contributed by atoms with E-state index in [1.54, 1.807) is 0 Å². The van der Waals surface area contributed by atoms with E-state index in [-0.39, 0.29) is 16.8 Å². The Balaban J connectivity index is 1.88. The molecule has 0 saturated heterocycles. The van der Waals surface area contributed by atoms with E-state index in [2.05, 4.69) is 10.0 Å². The molecule has 6 nitrogen and oxygen atoms in total. The van der Waals surface area contributed by atoms with Crippen LogP contribution in [0.2, 0.25) is 0 Å². The van der Waals surface area contributed by atoms with E-state index >= 15 is 0 Å². The highest BCUT2D eigenvalue weighted by Crippen LogP contribution is 2.32. The Labute approximate surface area is 153 Å². The third-order valence-corrected chi connectivity index (χ3v) is 5.93. The predicted molar refractivity (Wildman–Crippen MR) is 99.7 cm³/mol. The molecule has 0 unspecified atom stereocenters. The molecule has 26 heavy (non-hydrogen) atoms. The molecular weight excluding hydrogens is 352 g/mol. The van der Waals surface area contributed by atoms with Crippen LogP contribution in [-0.2, 0) is 21.2 Å². The van der Waals surface area contributed by atoms with Crippen molar-refractivity contribution in [3.63, 3.8) is 0 Å². The van der Waals surface area contributed by atoms with Gasteiger partial charge in [0.05, 0.1) is 17.7 Å². The van der Waals surface area contributed by atoms with Crippen LogP contribution in [0.1, 0.15) is 36.9 Å². The van der Waals surface area contributed by atoms with Crippen LogP contribution >= 0.6 is 0 Å². The monoisotopic (exact) mass is 374 g/mol. The quantitative estimate of drug-likeness (QED) is 0.843. The van der Waals surface area contributed by atoms with Crippen molar-refractivity contribution in [1.29, 1.82) is 0 Å². The molecule has 1 aliphatic carbocycles. The number of carbonyl (C=O) groups is 1. The molecule has 0 radical (unpaired) electrons. The fourth-order valence-corrected chi connectivity index (χ4v) is 4.53. The second-order valence-electron chi connectivity index (χ2n) is 6.31. The van der Waals surface area contributed by atoms with Crippen molar-refractivity contribution in [3.05, 3.63) is 53.6 Å². The molecule has 1 aliphatic rings. The first kappa shape index (κ1) is 18.4. The van der Waals surface area contributed by atoms with Gasteiger partial charge in [-0.25, -0.2) is 13.1 Å². The smallest absolute Gasteiger partial charge is 0.241 e. The second kappa shape index (κ2) is 7.47. The van der Waals surface area contributed by atoms with Gasteiger partial charge in [0.2, 0.25) is 15.9 Å². The molecule has 2 aromatic rings. The number of anilines is 1. The number of ether oxygens (including phenoxy) is 1. The fourth-order valence-electron chi connectivity index (χ4n) is 3.26. The lowest BCUT2D eigenvalue weighted by Crippen LogP contribution is -2.31. The summed E-state index contributed by atoms with van der Waals surface area (Å²) in [5.41, 5.74) is 2.65. The molecular formula is C19H22N2O4S. The summed E-state index contributed by atoms with van der Waals surface area (Å²) in [6.07, 6.45) is 2.67. The Kier molecular flexibility index (Phi) is 5.29. The lowest BCUT2D eigenvalue weighted by Gasteiger charge is -2.26. The van der Waals surface area contributed by atoms with Gasteiger partial charge in [0.1, 0.15) is 5.75 Å². The van der Waals surface area contributed by atoms with Gasteiger partial charge in [-0.2, -0.15) is 0 Å². The average Bonchev–Trinajstić information content (AvgIpc) is 2.61. The largest absolute Gasteiger partial charge is 0.495 e. The first-order valence-electron chi connectivity index (χ1n) is 8.46. The molecule has 0 aliphatic heterocycles. The van der Waals surface area contributed by atoms with Crippen LogP contribution in [0, 0.1) is 0 Å². The molecule has 0 heterocycles. The minimum absolute atomic E-state index is 0.103. The number of methoxy groups -OCH3 is 1. The maximum atomic E-state index is 12.9. The maximum Gasteiger partial charge on any atom is 0.241 e. The van der Waals surface area contributed by atoms with Crippen molar-refractivity contribution in [2.75, 3.05) is 12.4 Å². The summed E-state index contributed by atoms with van der Waals surface area (Å²) >= 11 is 0. The first-order valence-corrected chi connectivity index (χ1v) is 9.95. The van der Waals surface area contributed by atoms with Crippen LogP contribution in [0.15, 0.2) is 47.4 Å². The summed E-state index contributed by atoms with van der Waals surface area (Å²) in [6.45, 7) is 1.38. The van der Waals surface area contributed by atoms with Gasteiger partial charge in [0, 0.05) is 19.0 Å². The Morgan fingerprint density at radius 3 is 2.69 bits per heavy atom. The summed E-state index contributed by atoms with van der Waals surface area (Å²) in [6, 6.07) is 12.1. The molecule has 7 heteroatoms. The van der Waals surface area contributed by atoms with Crippen molar-refractivity contribution in [2.45, 2.75) is 37.1 Å². The van der Waals surface area contributed by atoms with Gasteiger partial charge >= 0.3 is 0 Å². The molecule has 0 bridgehead atoms. The number of carbonyl (C=O) groups excluding carboxylic acids is 1. The van der Waals surface area contributed by atoms with Crippen LogP contribution in [0.25, 0.3) is 0 Å².